The number of hydrogen-bond donors (Lipinski definition) is 2. The van der Waals surface area contributed by atoms with Gasteiger partial charge in [-0.05, 0) is 18.6 Å². The minimum Gasteiger partial charge on any atom is -0.493 e. The molecule has 0 amide bonds. The fourth-order valence-corrected chi connectivity index (χ4v) is 2.38. The lowest BCUT2D eigenvalue weighted by atomic mass is 10.1. The molecule has 0 aliphatic rings. The standard InChI is InChI=1S/C19H24FNO3/c1-3-16(12-22)21-11-14-8-6-10-18(23-2)19(14)24-13-15-7-4-5-9-17(15)20/h4-10,16,21-22H,3,11-13H2,1-2H3. The van der Waals surface area contributed by atoms with Crippen molar-refractivity contribution >= 4 is 0 Å². The highest BCUT2D eigenvalue weighted by Crippen LogP contribution is 2.32. The lowest BCUT2D eigenvalue weighted by Gasteiger charge is -2.18. The largest absolute Gasteiger partial charge is 0.493 e. The number of halogens is 1. The highest BCUT2D eigenvalue weighted by atomic mass is 19.1. The maximum atomic E-state index is 13.8. The van der Waals surface area contributed by atoms with Crippen LogP contribution in [0.3, 0.4) is 0 Å². The smallest absolute Gasteiger partial charge is 0.166 e. The van der Waals surface area contributed by atoms with Gasteiger partial charge in [0.05, 0.1) is 13.7 Å². The molecule has 0 spiro atoms. The molecule has 0 saturated carbocycles. The van der Waals surface area contributed by atoms with E-state index in [4.69, 9.17) is 9.47 Å². The topological polar surface area (TPSA) is 50.7 Å². The quantitative estimate of drug-likeness (QED) is 0.739. The molecule has 2 aromatic rings. The zero-order valence-electron chi connectivity index (χ0n) is 14.1. The molecule has 0 fully saturated rings. The zero-order valence-corrected chi connectivity index (χ0v) is 14.1. The normalized spacial score (nSPS) is 12.0. The van der Waals surface area contributed by atoms with E-state index in [1.54, 1.807) is 25.3 Å². The van der Waals surface area contributed by atoms with Gasteiger partial charge in [0.15, 0.2) is 11.5 Å². The van der Waals surface area contributed by atoms with E-state index in [9.17, 15) is 9.50 Å². The van der Waals surface area contributed by atoms with E-state index in [1.807, 2.05) is 25.1 Å². The molecular weight excluding hydrogens is 309 g/mol. The number of nitrogens with one attached hydrogen (secondary N) is 1. The van der Waals surface area contributed by atoms with Crippen LogP contribution in [0.2, 0.25) is 0 Å². The Hall–Kier alpha value is -2.11. The Labute approximate surface area is 142 Å². The summed E-state index contributed by atoms with van der Waals surface area (Å²) in [5.74, 6) is 0.893. The van der Waals surface area contributed by atoms with Crippen molar-refractivity contribution in [2.75, 3.05) is 13.7 Å². The molecule has 0 aliphatic heterocycles. The molecule has 2 rings (SSSR count). The number of benzene rings is 2. The lowest BCUT2D eigenvalue weighted by molar-refractivity contribution is 0.236. The predicted octanol–water partition coefficient (Wildman–Crippen LogP) is 3.27. The van der Waals surface area contributed by atoms with E-state index < -0.39 is 0 Å². The van der Waals surface area contributed by atoms with Crippen LogP contribution in [0, 0.1) is 5.82 Å². The van der Waals surface area contributed by atoms with E-state index in [2.05, 4.69) is 5.32 Å². The number of methoxy groups -OCH3 is 1. The van der Waals surface area contributed by atoms with Crippen molar-refractivity contribution in [2.24, 2.45) is 0 Å². The molecule has 2 N–H and O–H groups in total. The summed E-state index contributed by atoms with van der Waals surface area (Å²) in [5.41, 5.74) is 1.39. The predicted molar refractivity (Wildman–Crippen MR) is 91.7 cm³/mol. The molecule has 2 aromatic carbocycles. The maximum Gasteiger partial charge on any atom is 0.166 e. The van der Waals surface area contributed by atoms with Gasteiger partial charge < -0.3 is 19.9 Å². The molecule has 24 heavy (non-hydrogen) atoms. The first kappa shape index (κ1) is 18.2. The van der Waals surface area contributed by atoms with Gasteiger partial charge in [0.1, 0.15) is 12.4 Å². The molecule has 0 saturated heterocycles. The van der Waals surface area contributed by atoms with Crippen molar-refractivity contribution in [1.29, 1.82) is 0 Å². The summed E-state index contributed by atoms with van der Waals surface area (Å²) < 4.78 is 25.0. The molecule has 0 aromatic heterocycles. The van der Waals surface area contributed by atoms with Gasteiger partial charge in [-0.15, -0.1) is 0 Å². The SMILES string of the molecule is CCC(CO)NCc1cccc(OC)c1OCc1ccccc1F. The van der Waals surface area contributed by atoms with Gasteiger partial charge >= 0.3 is 0 Å². The van der Waals surface area contributed by atoms with Crippen LogP contribution in [0.25, 0.3) is 0 Å². The average Bonchev–Trinajstić information content (AvgIpc) is 2.62. The number of aliphatic hydroxyl groups excluding tert-OH is 1. The summed E-state index contributed by atoms with van der Waals surface area (Å²) in [6, 6.07) is 12.2. The van der Waals surface area contributed by atoms with Gasteiger partial charge in [-0.3, -0.25) is 0 Å². The van der Waals surface area contributed by atoms with E-state index in [-0.39, 0.29) is 25.1 Å². The molecular formula is C19H24FNO3. The van der Waals surface area contributed by atoms with Crippen molar-refractivity contribution in [3.05, 3.63) is 59.4 Å². The van der Waals surface area contributed by atoms with Gasteiger partial charge in [0, 0.05) is 23.7 Å². The monoisotopic (exact) mass is 333 g/mol. The summed E-state index contributed by atoms with van der Waals surface area (Å²) in [6.45, 7) is 2.74. The average molecular weight is 333 g/mol. The molecule has 0 radical (unpaired) electrons. The first-order valence-electron chi connectivity index (χ1n) is 8.05. The van der Waals surface area contributed by atoms with Crippen LogP contribution < -0.4 is 14.8 Å². The number of aliphatic hydroxyl groups is 1. The number of para-hydroxylation sites is 1. The molecule has 5 heteroatoms. The first-order valence-corrected chi connectivity index (χ1v) is 8.05. The lowest BCUT2D eigenvalue weighted by Crippen LogP contribution is -2.31. The fourth-order valence-electron chi connectivity index (χ4n) is 2.38. The second kappa shape index (κ2) is 9.25. The van der Waals surface area contributed by atoms with Crippen LogP contribution in [-0.2, 0) is 13.2 Å². The van der Waals surface area contributed by atoms with E-state index in [0.29, 0.717) is 23.6 Å². The van der Waals surface area contributed by atoms with E-state index in [1.165, 1.54) is 6.07 Å². The van der Waals surface area contributed by atoms with Crippen LogP contribution in [0.15, 0.2) is 42.5 Å². The van der Waals surface area contributed by atoms with Crippen molar-refractivity contribution in [3.8, 4) is 11.5 Å². The van der Waals surface area contributed by atoms with E-state index >= 15 is 0 Å². The van der Waals surface area contributed by atoms with E-state index in [0.717, 1.165) is 12.0 Å². The summed E-state index contributed by atoms with van der Waals surface area (Å²) in [5, 5.41) is 12.6. The minimum absolute atomic E-state index is 0.0237. The van der Waals surface area contributed by atoms with Crippen LogP contribution in [0.1, 0.15) is 24.5 Å². The second-order valence-electron chi connectivity index (χ2n) is 5.50. The Balaban J connectivity index is 2.15. The second-order valence-corrected chi connectivity index (χ2v) is 5.50. The number of ether oxygens (including phenoxy) is 2. The molecule has 0 bridgehead atoms. The van der Waals surface area contributed by atoms with Crippen molar-refractivity contribution in [1.82, 2.24) is 5.32 Å². The molecule has 0 aliphatic carbocycles. The van der Waals surface area contributed by atoms with Gasteiger partial charge in [0.25, 0.3) is 0 Å². The fraction of sp³-hybridized carbons (Fsp3) is 0.368. The van der Waals surface area contributed by atoms with Crippen molar-refractivity contribution < 1.29 is 19.0 Å². The number of rotatable bonds is 9. The van der Waals surface area contributed by atoms with Crippen LogP contribution in [0.5, 0.6) is 11.5 Å². The van der Waals surface area contributed by atoms with Gasteiger partial charge in [0.2, 0.25) is 0 Å². The van der Waals surface area contributed by atoms with Gasteiger partial charge in [-0.25, -0.2) is 4.39 Å². The van der Waals surface area contributed by atoms with Crippen molar-refractivity contribution in [3.63, 3.8) is 0 Å². The Kier molecular flexibility index (Phi) is 7.03. The van der Waals surface area contributed by atoms with Crippen LogP contribution >= 0.6 is 0 Å². The highest BCUT2D eigenvalue weighted by Gasteiger charge is 2.13. The van der Waals surface area contributed by atoms with Crippen molar-refractivity contribution in [2.45, 2.75) is 32.5 Å². The number of hydrogen-bond acceptors (Lipinski definition) is 4. The Morgan fingerprint density at radius 1 is 1.12 bits per heavy atom. The third-order valence-corrected chi connectivity index (χ3v) is 3.90. The summed E-state index contributed by atoms with van der Waals surface area (Å²) >= 11 is 0. The molecule has 1 atom stereocenters. The molecule has 1 unspecified atom stereocenters. The Morgan fingerprint density at radius 3 is 2.54 bits per heavy atom. The highest BCUT2D eigenvalue weighted by molar-refractivity contribution is 5.46. The zero-order chi connectivity index (χ0) is 17.4. The molecule has 130 valence electrons. The first-order chi connectivity index (χ1) is 11.7. The Morgan fingerprint density at radius 2 is 1.88 bits per heavy atom. The van der Waals surface area contributed by atoms with Crippen LogP contribution in [0.4, 0.5) is 4.39 Å². The summed E-state index contributed by atoms with van der Waals surface area (Å²) in [6.07, 6.45) is 0.825. The maximum absolute atomic E-state index is 13.8. The molecule has 4 nitrogen and oxygen atoms in total. The Bertz CT molecular complexity index is 644. The van der Waals surface area contributed by atoms with Gasteiger partial charge in [-0.2, -0.15) is 0 Å². The third-order valence-electron chi connectivity index (χ3n) is 3.90. The van der Waals surface area contributed by atoms with Gasteiger partial charge in [-0.1, -0.05) is 37.3 Å². The summed E-state index contributed by atoms with van der Waals surface area (Å²) in [7, 11) is 1.57. The third kappa shape index (κ3) is 4.69. The summed E-state index contributed by atoms with van der Waals surface area (Å²) in [4.78, 5) is 0. The van der Waals surface area contributed by atoms with Crippen LogP contribution in [-0.4, -0.2) is 24.9 Å². The minimum atomic E-state index is -0.293. The molecule has 0 heterocycles.